The van der Waals surface area contributed by atoms with E-state index in [1.165, 1.54) is 0 Å². The van der Waals surface area contributed by atoms with E-state index < -0.39 is 6.09 Å². The summed E-state index contributed by atoms with van der Waals surface area (Å²) in [7, 11) is 0. The van der Waals surface area contributed by atoms with Crippen LogP contribution in [0.25, 0.3) is 0 Å². The van der Waals surface area contributed by atoms with Gasteiger partial charge in [-0.05, 0) is 31.6 Å². The summed E-state index contributed by atoms with van der Waals surface area (Å²) in [6.45, 7) is 0.523. The Hall–Kier alpha value is -0.480. The second kappa shape index (κ2) is 6.05. The van der Waals surface area contributed by atoms with Crippen molar-refractivity contribution in [2.45, 2.75) is 31.7 Å². The minimum atomic E-state index is -1.18. The third-order valence-corrected chi connectivity index (χ3v) is 2.43. The van der Waals surface area contributed by atoms with Gasteiger partial charge in [-0.15, -0.1) is 12.4 Å². The van der Waals surface area contributed by atoms with Gasteiger partial charge < -0.3 is 21.0 Å². The molecule has 5 heteroatoms. The first-order chi connectivity index (χ1) is 5.68. The van der Waals surface area contributed by atoms with Crippen molar-refractivity contribution in [1.82, 2.24) is 5.32 Å². The van der Waals surface area contributed by atoms with E-state index >= 15 is 0 Å². The molecule has 0 unspecified atom stereocenters. The zero-order valence-corrected chi connectivity index (χ0v) is 8.31. The standard InChI is InChI=1S/C8H16N2O2.ClH/c9-7-3-1-6(2-4-7)5-10-8(11)12;/h6-7,10H,1-5,9H2,(H,11,12);1H/p-1. The molecule has 3 N–H and O–H groups in total. The number of hydrogen-bond acceptors (Lipinski definition) is 3. The highest BCUT2D eigenvalue weighted by Gasteiger charge is 2.17. The van der Waals surface area contributed by atoms with Crippen LogP contribution in [0.15, 0.2) is 0 Å². The molecule has 1 saturated carbocycles. The number of amides is 1. The van der Waals surface area contributed by atoms with Gasteiger partial charge in [-0.2, -0.15) is 0 Å². The zero-order valence-electron chi connectivity index (χ0n) is 7.49. The lowest BCUT2D eigenvalue weighted by Gasteiger charge is -2.26. The normalized spacial score (nSPS) is 27.5. The van der Waals surface area contributed by atoms with Crippen LogP contribution in [0.5, 0.6) is 0 Å². The van der Waals surface area contributed by atoms with Gasteiger partial charge in [0.1, 0.15) is 6.09 Å². The second-order valence-electron chi connectivity index (χ2n) is 3.45. The summed E-state index contributed by atoms with van der Waals surface area (Å²) in [6.07, 6.45) is 2.91. The van der Waals surface area contributed by atoms with Crippen molar-refractivity contribution in [2.24, 2.45) is 11.7 Å². The van der Waals surface area contributed by atoms with Gasteiger partial charge in [0.25, 0.3) is 0 Å². The van der Waals surface area contributed by atoms with E-state index in [9.17, 15) is 9.90 Å². The molecule has 0 aromatic heterocycles. The molecule has 78 valence electrons. The van der Waals surface area contributed by atoms with Crippen molar-refractivity contribution in [3.63, 3.8) is 0 Å². The van der Waals surface area contributed by atoms with Gasteiger partial charge in [-0.1, -0.05) is 0 Å². The van der Waals surface area contributed by atoms with E-state index in [0.717, 1.165) is 25.7 Å². The summed E-state index contributed by atoms with van der Waals surface area (Å²) >= 11 is 0. The maximum absolute atomic E-state index is 10.1. The summed E-state index contributed by atoms with van der Waals surface area (Å²) in [4.78, 5) is 10.1. The van der Waals surface area contributed by atoms with Gasteiger partial charge in [-0.25, -0.2) is 0 Å². The Labute approximate surface area is 84.3 Å². The Balaban J connectivity index is 0.00000144. The van der Waals surface area contributed by atoms with Gasteiger partial charge in [0, 0.05) is 12.6 Å². The quantitative estimate of drug-likeness (QED) is 0.662. The Morgan fingerprint density at radius 2 is 1.92 bits per heavy atom. The predicted molar refractivity (Wildman–Crippen MR) is 50.6 cm³/mol. The molecule has 0 spiro atoms. The van der Waals surface area contributed by atoms with Gasteiger partial charge in [-0.3, -0.25) is 0 Å². The third kappa shape index (κ3) is 4.95. The molecule has 1 aliphatic rings. The van der Waals surface area contributed by atoms with Crippen LogP contribution in [0.2, 0.25) is 0 Å². The molecule has 0 bridgehead atoms. The van der Waals surface area contributed by atoms with E-state index in [2.05, 4.69) is 5.32 Å². The highest BCUT2D eigenvalue weighted by atomic mass is 35.5. The van der Waals surface area contributed by atoms with Crippen molar-refractivity contribution in [3.05, 3.63) is 0 Å². The molecule has 1 fully saturated rings. The van der Waals surface area contributed by atoms with Crippen molar-refractivity contribution in [1.29, 1.82) is 0 Å². The van der Waals surface area contributed by atoms with Crippen LogP contribution in [0, 0.1) is 5.92 Å². The Morgan fingerprint density at radius 1 is 1.38 bits per heavy atom. The van der Waals surface area contributed by atoms with E-state index in [0.29, 0.717) is 18.5 Å². The van der Waals surface area contributed by atoms with Crippen LogP contribution in [0.4, 0.5) is 4.79 Å². The van der Waals surface area contributed by atoms with Crippen molar-refractivity contribution in [3.8, 4) is 0 Å². The lowest BCUT2D eigenvalue weighted by molar-refractivity contribution is -0.251. The summed E-state index contributed by atoms with van der Waals surface area (Å²) in [6, 6.07) is 0.323. The topological polar surface area (TPSA) is 78.2 Å². The van der Waals surface area contributed by atoms with Crippen molar-refractivity contribution < 1.29 is 9.90 Å². The summed E-state index contributed by atoms with van der Waals surface area (Å²) in [5.41, 5.74) is 5.70. The van der Waals surface area contributed by atoms with Crippen LogP contribution in [0.3, 0.4) is 0 Å². The minimum absolute atomic E-state index is 0. The van der Waals surface area contributed by atoms with E-state index in [1.54, 1.807) is 0 Å². The zero-order chi connectivity index (χ0) is 8.97. The Morgan fingerprint density at radius 3 is 2.38 bits per heavy atom. The van der Waals surface area contributed by atoms with Crippen LogP contribution in [-0.4, -0.2) is 18.7 Å². The molecule has 1 amide bonds. The molecule has 0 aromatic rings. The molecule has 4 nitrogen and oxygen atoms in total. The predicted octanol–water partition coefficient (Wildman–Crippen LogP) is -0.141. The molecule has 13 heavy (non-hydrogen) atoms. The van der Waals surface area contributed by atoms with E-state index in [4.69, 9.17) is 5.73 Å². The monoisotopic (exact) mass is 207 g/mol. The number of nitrogens with one attached hydrogen (secondary N) is 1. The number of rotatable bonds is 2. The second-order valence-corrected chi connectivity index (χ2v) is 3.45. The summed E-state index contributed by atoms with van der Waals surface area (Å²) < 4.78 is 0. The number of halogens is 1. The van der Waals surface area contributed by atoms with Crippen LogP contribution in [-0.2, 0) is 0 Å². The van der Waals surface area contributed by atoms with Crippen LogP contribution < -0.4 is 16.2 Å². The smallest absolute Gasteiger partial charge is 0.134 e. The number of nitrogens with two attached hydrogens (primary N) is 1. The molecule has 0 radical (unpaired) electrons. The van der Waals surface area contributed by atoms with E-state index in [1.807, 2.05) is 0 Å². The molecule has 0 saturated heterocycles. The van der Waals surface area contributed by atoms with Crippen molar-refractivity contribution >= 4 is 18.5 Å². The molecule has 1 rings (SSSR count). The fourth-order valence-electron chi connectivity index (χ4n) is 1.62. The van der Waals surface area contributed by atoms with Crippen LogP contribution in [0.1, 0.15) is 25.7 Å². The number of carboxylic acid groups (broad SMARTS) is 1. The molecule has 0 aromatic carbocycles. The van der Waals surface area contributed by atoms with Crippen molar-refractivity contribution in [2.75, 3.05) is 6.54 Å². The van der Waals surface area contributed by atoms with Gasteiger partial charge in [0.05, 0.1) is 0 Å². The first-order valence-electron chi connectivity index (χ1n) is 4.39. The molecule has 0 atom stereocenters. The SMILES string of the molecule is Cl.NC1CCC(CNC(=O)[O-])CC1. The number of carbonyl (C=O) groups excluding carboxylic acids is 1. The maximum Gasteiger partial charge on any atom is 0.134 e. The minimum Gasteiger partial charge on any atom is -0.530 e. The van der Waals surface area contributed by atoms with Gasteiger partial charge >= 0.3 is 0 Å². The molecule has 1 aliphatic carbocycles. The fraction of sp³-hybridized carbons (Fsp3) is 0.875. The molecular formula is C8H16ClN2O2-. The summed E-state index contributed by atoms with van der Waals surface area (Å²) in [5, 5.41) is 12.4. The fourth-order valence-corrected chi connectivity index (χ4v) is 1.62. The number of carbonyl (C=O) groups is 1. The third-order valence-electron chi connectivity index (χ3n) is 2.43. The lowest BCUT2D eigenvalue weighted by atomic mass is 9.86. The highest BCUT2D eigenvalue weighted by molar-refractivity contribution is 5.85. The Kier molecular flexibility index (Phi) is 5.82. The molecular weight excluding hydrogens is 192 g/mol. The summed E-state index contributed by atoms with van der Waals surface area (Å²) in [5.74, 6) is 0.461. The largest absolute Gasteiger partial charge is 0.530 e. The first-order valence-corrected chi connectivity index (χ1v) is 4.39. The molecule has 0 heterocycles. The van der Waals surface area contributed by atoms with Gasteiger partial charge in [0.15, 0.2) is 0 Å². The highest BCUT2D eigenvalue weighted by Crippen LogP contribution is 2.22. The maximum atomic E-state index is 10.1. The van der Waals surface area contributed by atoms with Gasteiger partial charge in [0.2, 0.25) is 0 Å². The average molecular weight is 208 g/mol. The number of hydrogen-bond donors (Lipinski definition) is 2. The Bertz CT molecular complexity index is 158. The van der Waals surface area contributed by atoms with Crippen LogP contribution >= 0.6 is 12.4 Å². The first kappa shape index (κ1) is 12.5. The molecule has 0 aliphatic heterocycles. The lowest BCUT2D eigenvalue weighted by Crippen LogP contribution is -2.40. The van der Waals surface area contributed by atoms with E-state index in [-0.39, 0.29) is 12.4 Å². The average Bonchev–Trinajstić information content (AvgIpc) is 2.03.